The summed E-state index contributed by atoms with van der Waals surface area (Å²) in [6.07, 6.45) is 0. The second-order valence-corrected chi connectivity index (χ2v) is 10.3. The number of rotatable bonds is 2. The van der Waals surface area contributed by atoms with Gasteiger partial charge < -0.3 is 5.32 Å². The van der Waals surface area contributed by atoms with Crippen molar-refractivity contribution in [2.45, 2.75) is 6.04 Å². The molecule has 7 rings (SSSR count). The van der Waals surface area contributed by atoms with Crippen molar-refractivity contribution in [1.29, 1.82) is 0 Å². The molecule has 0 amide bonds. The maximum Gasteiger partial charge on any atom is 0.0781 e. The lowest BCUT2D eigenvalue weighted by Gasteiger charge is -2.21. The van der Waals surface area contributed by atoms with Gasteiger partial charge in [0.2, 0.25) is 0 Å². The van der Waals surface area contributed by atoms with E-state index < -0.39 is 0 Å². The molecule has 168 valence electrons. The summed E-state index contributed by atoms with van der Waals surface area (Å²) in [5, 5.41) is 13.1. The van der Waals surface area contributed by atoms with Gasteiger partial charge in [-0.3, -0.25) is 0 Å². The summed E-state index contributed by atoms with van der Waals surface area (Å²) in [7, 11) is 0. The molecule has 0 spiro atoms. The zero-order valence-electron chi connectivity index (χ0n) is 18.4. The van der Waals surface area contributed by atoms with Crippen LogP contribution in [0, 0.1) is 0 Å². The van der Waals surface area contributed by atoms with Gasteiger partial charge in [0.1, 0.15) is 0 Å². The molecule has 1 unspecified atom stereocenters. The highest BCUT2D eigenvalue weighted by atomic mass is 35.5. The average molecular weight is 511 g/mol. The van der Waals surface area contributed by atoms with Crippen molar-refractivity contribution < 1.29 is 0 Å². The van der Waals surface area contributed by atoms with Crippen LogP contribution in [0.25, 0.3) is 43.4 Å². The lowest BCUT2D eigenvalue weighted by atomic mass is 9.95. The van der Waals surface area contributed by atoms with E-state index in [1.54, 1.807) is 6.07 Å². The number of hydrogen-bond donors (Lipinski definition) is 1. The molecule has 6 aromatic carbocycles. The fourth-order valence-corrected chi connectivity index (χ4v) is 6.36. The molecule has 0 bridgehead atoms. The molecule has 0 aromatic heterocycles. The Balaban J connectivity index is 1.51. The molecule has 0 saturated heterocycles. The van der Waals surface area contributed by atoms with Crippen molar-refractivity contribution in [1.82, 2.24) is 0 Å². The molecule has 0 heterocycles. The van der Waals surface area contributed by atoms with Gasteiger partial charge in [-0.2, -0.15) is 0 Å². The highest BCUT2D eigenvalue weighted by Crippen LogP contribution is 2.50. The van der Waals surface area contributed by atoms with E-state index in [1.165, 1.54) is 32.3 Å². The third-order valence-corrected chi connectivity index (χ3v) is 7.81. The average Bonchev–Trinajstić information content (AvgIpc) is 3.16. The second kappa shape index (κ2) is 7.90. The Hall–Kier alpha value is -3.23. The van der Waals surface area contributed by atoms with Crippen molar-refractivity contribution in [2.75, 3.05) is 5.32 Å². The van der Waals surface area contributed by atoms with Crippen LogP contribution in [-0.2, 0) is 0 Å². The molecule has 1 nitrogen and oxygen atoms in total. The standard InChI is InChI=1S/C31H18Cl3N/c32-18-10-12-24-26(13-18)31(27-14-19(33)15-28(34)30(24)27)35-29-16-25-20-6-2-1-5-17(20)9-11-22(25)21-7-3-4-8-23(21)29/h1-16,31,35H. The molecule has 0 saturated carbocycles. The fourth-order valence-electron chi connectivity index (χ4n) is 5.56. The minimum Gasteiger partial charge on any atom is -0.374 e. The molecule has 35 heavy (non-hydrogen) atoms. The smallest absolute Gasteiger partial charge is 0.0781 e. The number of halogens is 3. The molecule has 0 radical (unpaired) electrons. The van der Waals surface area contributed by atoms with E-state index in [-0.39, 0.29) is 6.04 Å². The van der Waals surface area contributed by atoms with Crippen molar-refractivity contribution >= 4 is 72.8 Å². The molecule has 0 aliphatic heterocycles. The molecule has 0 fully saturated rings. The maximum atomic E-state index is 6.70. The van der Waals surface area contributed by atoms with E-state index in [1.807, 2.05) is 24.3 Å². The lowest BCUT2D eigenvalue weighted by Crippen LogP contribution is -2.10. The van der Waals surface area contributed by atoms with Crippen LogP contribution in [0.1, 0.15) is 17.2 Å². The van der Waals surface area contributed by atoms with Gasteiger partial charge in [0.15, 0.2) is 0 Å². The van der Waals surface area contributed by atoms with Crippen LogP contribution >= 0.6 is 34.8 Å². The Kier molecular flexibility index (Phi) is 4.76. The highest BCUT2D eigenvalue weighted by molar-refractivity contribution is 6.37. The van der Waals surface area contributed by atoms with Crippen LogP contribution in [0.2, 0.25) is 15.1 Å². The van der Waals surface area contributed by atoms with Gasteiger partial charge in [-0.1, -0.05) is 102 Å². The summed E-state index contributed by atoms with van der Waals surface area (Å²) in [4.78, 5) is 0. The van der Waals surface area contributed by atoms with Crippen LogP contribution in [-0.4, -0.2) is 0 Å². The molecule has 6 aromatic rings. The van der Waals surface area contributed by atoms with Gasteiger partial charge in [0.05, 0.1) is 11.1 Å². The zero-order chi connectivity index (χ0) is 23.7. The second-order valence-electron chi connectivity index (χ2n) is 9.01. The quantitative estimate of drug-likeness (QED) is 0.228. The third kappa shape index (κ3) is 3.23. The summed E-state index contributed by atoms with van der Waals surface area (Å²) < 4.78 is 0. The van der Waals surface area contributed by atoms with Crippen LogP contribution in [0.4, 0.5) is 5.69 Å². The predicted molar refractivity (Wildman–Crippen MR) is 151 cm³/mol. The number of anilines is 1. The van der Waals surface area contributed by atoms with E-state index in [2.05, 4.69) is 72.0 Å². The summed E-state index contributed by atoms with van der Waals surface area (Å²) >= 11 is 19.6. The molecule has 4 heteroatoms. The Bertz CT molecular complexity index is 1820. The van der Waals surface area contributed by atoms with Crippen LogP contribution in [0.3, 0.4) is 0 Å². The Morgan fingerprint density at radius 2 is 1.26 bits per heavy atom. The first-order chi connectivity index (χ1) is 17.1. The molecular weight excluding hydrogens is 493 g/mol. The van der Waals surface area contributed by atoms with Gasteiger partial charge in [-0.25, -0.2) is 0 Å². The first kappa shape index (κ1) is 21.1. The van der Waals surface area contributed by atoms with Crippen molar-refractivity contribution in [3.63, 3.8) is 0 Å². The highest BCUT2D eigenvalue weighted by Gasteiger charge is 2.31. The SMILES string of the molecule is Clc1ccc2c(c1)C(Nc1cc3c4ccccc4ccc3c3ccccc13)c1cc(Cl)cc(Cl)c1-2. The minimum absolute atomic E-state index is 0.134. The zero-order valence-corrected chi connectivity index (χ0v) is 20.7. The largest absolute Gasteiger partial charge is 0.374 e. The molecule has 1 aliphatic rings. The van der Waals surface area contributed by atoms with E-state index in [4.69, 9.17) is 34.8 Å². The number of hydrogen-bond acceptors (Lipinski definition) is 1. The maximum absolute atomic E-state index is 6.70. The van der Waals surface area contributed by atoms with Crippen molar-refractivity contribution in [3.8, 4) is 11.1 Å². The number of fused-ring (bicyclic) bond motifs is 8. The number of benzene rings is 6. The van der Waals surface area contributed by atoms with Gasteiger partial charge in [0, 0.05) is 26.7 Å². The Morgan fingerprint density at radius 1 is 0.543 bits per heavy atom. The van der Waals surface area contributed by atoms with Crippen molar-refractivity contribution in [3.05, 3.63) is 123 Å². The van der Waals surface area contributed by atoms with Crippen molar-refractivity contribution in [2.24, 2.45) is 0 Å². The van der Waals surface area contributed by atoms with Crippen LogP contribution in [0.5, 0.6) is 0 Å². The summed E-state index contributed by atoms with van der Waals surface area (Å²) in [6, 6.07) is 33.4. The molecule has 1 atom stereocenters. The summed E-state index contributed by atoms with van der Waals surface area (Å²) in [6.45, 7) is 0. The molecular formula is C31H18Cl3N. The fraction of sp³-hybridized carbons (Fsp3) is 0.0323. The normalized spacial score (nSPS) is 14.4. The predicted octanol–water partition coefficient (Wildman–Crippen LogP) is 10.3. The first-order valence-electron chi connectivity index (χ1n) is 11.5. The van der Waals surface area contributed by atoms with E-state index >= 15 is 0 Å². The Labute approximate surface area is 217 Å². The van der Waals surface area contributed by atoms with E-state index in [9.17, 15) is 0 Å². The van der Waals surface area contributed by atoms with Gasteiger partial charge in [-0.05, 0) is 74.0 Å². The van der Waals surface area contributed by atoms with Gasteiger partial charge >= 0.3 is 0 Å². The topological polar surface area (TPSA) is 12.0 Å². The van der Waals surface area contributed by atoms with Gasteiger partial charge in [0.25, 0.3) is 0 Å². The van der Waals surface area contributed by atoms with Gasteiger partial charge in [-0.15, -0.1) is 0 Å². The van der Waals surface area contributed by atoms with E-state index in [0.717, 1.165) is 27.9 Å². The lowest BCUT2D eigenvalue weighted by molar-refractivity contribution is 0.977. The van der Waals surface area contributed by atoms with Crippen LogP contribution < -0.4 is 5.32 Å². The molecule has 1 aliphatic carbocycles. The monoisotopic (exact) mass is 509 g/mol. The molecule has 1 N–H and O–H groups in total. The summed E-state index contributed by atoms with van der Waals surface area (Å²) in [5.41, 5.74) is 5.31. The van der Waals surface area contributed by atoms with Crippen LogP contribution in [0.15, 0.2) is 97.1 Å². The van der Waals surface area contributed by atoms with E-state index in [0.29, 0.717) is 15.1 Å². The first-order valence-corrected chi connectivity index (χ1v) is 12.6. The number of nitrogens with one attached hydrogen (secondary N) is 1. The third-order valence-electron chi connectivity index (χ3n) is 7.06. The summed E-state index contributed by atoms with van der Waals surface area (Å²) in [5.74, 6) is 0. The Morgan fingerprint density at radius 3 is 2.11 bits per heavy atom. The minimum atomic E-state index is -0.134.